The molecule has 0 radical (unpaired) electrons. The van der Waals surface area contributed by atoms with Crippen LogP contribution < -0.4 is 0 Å². The van der Waals surface area contributed by atoms with E-state index in [1.165, 1.54) is 12.7 Å². The lowest BCUT2D eigenvalue weighted by molar-refractivity contribution is -0.145. The Bertz CT molecular complexity index is 255. The van der Waals surface area contributed by atoms with Crippen LogP contribution in [0.1, 0.15) is 26.7 Å². The quantitative estimate of drug-likeness (QED) is 0.502. The Hall–Kier alpha value is -0.830. The first-order valence-electron chi connectivity index (χ1n) is 4.87. The predicted octanol–water partition coefficient (Wildman–Crippen LogP) is 1.92. The molecule has 0 spiro atoms. The second kappa shape index (κ2) is 4.60. The van der Waals surface area contributed by atoms with E-state index >= 15 is 0 Å². The first kappa shape index (κ1) is 11.2. The van der Waals surface area contributed by atoms with E-state index in [2.05, 4.69) is 6.92 Å². The largest absolute Gasteiger partial charge is 0.469 e. The Labute approximate surface area is 85.1 Å². The first-order valence-corrected chi connectivity index (χ1v) is 4.87. The number of carbonyl (C=O) groups is 1. The van der Waals surface area contributed by atoms with Crippen molar-refractivity contribution >= 4 is 5.97 Å². The Kier molecular flexibility index (Phi) is 3.69. The van der Waals surface area contributed by atoms with Crippen LogP contribution >= 0.6 is 0 Å². The van der Waals surface area contributed by atoms with E-state index in [0.717, 1.165) is 18.4 Å². The maximum absolute atomic E-state index is 11.5. The summed E-state index contributed by atoms with van der Waals surface area (Å²) < 4.78 is 10.1. The van der Waals surface area contributed by atoms with E-state index in [4.69, 9.17) is 9.47 Å². The molecule has 0 saturated heterocycles. The monoisotopic (exact) mass is 198 g/mol. The minimum atomic E-state index is -0.149. The molecule has 0 unspecified atom stereocenters. The van der Waals surface area contributed by atoms with Gasteiger partial charge in [-0.05, 0) is 26.7 Å². The SMILES string of the molecule is COC(=O)[C@@H]1C[C@H](OC)CC(C)=C1C. The molecular weight excluding hydrogens is 180 g/mol. The zero-order valence-electron chi connectivity index (χ0n) is 9.29. The van der Waals surface area contributed by atoms with Crippen molar-refractivity contribution < 1.29 is 14.3 Å². The van der Waals surface area contributed by atoms with Crippen molar-refractivity contribution in [1.29, 1.82) is 0 Å². The number of methoxy groups -OCH3 is 2. The fourth-order valence-corrected chi connectivity index (χ4v) is 1.92. The van der Waals surface area contributed by atoms with Gasteiger partial charge in [-0.15, -0.1) is 0 Å². The maximum atomic E-state index is 11.5. The van der Waals surface area contributed by atoms with Crippen LogP contribution in [0.4, 0.5) is 0 Å². The van der Waals surface area contributed by atoms with Crippen LogP contribution in [0.15, 0.2) is 11.1 Å². The van der Waals surface area contributed by atoms with Gasteiger partial charge in [0.2, 0.25) is 0 Å². The molecule has 1 aliphatic rings. The van der Waals surface area contributed by atoms with Crippen molar-refractivity contribution in [3.63, 3.8) is 0 Å². The summed E-state index contributed by atoms with van der Waals surface area (Å²) in [5, 5.41) is 0. The normalized spacial score (nSPS) is 27.7. The van der Waals surface area contributed by atoms with Crippen LogP contribution in [0.5, 0.6) is 0 Å². The van der Waals surface area contributed by atoms with Crippen molar-refractivity contribution in [2.75, 3.05) is 14.2 Å². The van der Waals surface area contributed by atoms with Crippen molar-refractivity contribution in [1.82, 2.24) is 0 Å². The minimum absolute atomic E-state index is 0.112. The molecule has 0 saturated carbocycles. The summed E-state index contributed by atoms with van der Waals surface area (Å²) in [5.74, 6) is -0.262. The smallest absolute Gasteiger partial charge is 0.312 e. The molecule has 0 aromatic heterocycles. The van der Waals surface area contributed by atoms with E-state index in [0.29, 0.717) is 0 Å². The molecule has 0 heterocycles. The second-order valence-electron chi connectivity index (χ2n) is 3.84. The number of esters is 1. The van der Waals surface area contributed by atoms with Crippen molar-refractivity contribution in [2.24, 2.45) is 5.92 Å². The van der Waals surface area contributed by atoms with Gasteiger partial charge in [0.05, 0.1) is 19.1 Å². The number of rotatable bonds is 2. The zero-order valence-corrected chi connectivity index (χ0v) is 9.29. The third-order valence-corrected chi connectivity index (χ3v) is 3.05. The number of hydrogen-bond donors (Lipinski definition) is 0. The predicted molar refractivity (Wildman–Crippen MR) is 53.9 cm³/mol. The van der Waals surface area contributed by atoms with E-state index in [1.807, 2.05) is 6.92 Å². The molecule has 3 heteroatoms. The molecule has 14 heavy (non-hydrogen) atoms. The zero-order chi connectivity index (χ0) is 10.7. The van der Waals surface area contributed by atoms with E-state index in [1.54, 1.807) is 7.11 Å². The van der Waals surface area contributed by atoms with Crippen molar-refractivity contribution in [3.8, 4) is 0 Å². The second-order valence-corrected chi connectivity index (χ2v) is 3.84. The topological polar surface area (TPSA) is 35.5 Å². The molecule has 80 valence electrons. The molecule has 2 atom stereocenters. The number of ether oxygens (including phenoxy) is 2. The summed E-state index contributed by atoms with van der Waals surface area (Å²) in [6.45, 7) is 4.05. The standard InChI is InChI=1S/C11H18O3/c1-7-5-9(13-3)6-10(8(7)2)11(12)14-4/h9-10H,5-6H2,1-4H3/t9-,10-/m1/s1. The lowest BCUT2D eigenvalue weighted by Crippen LogP contribution is -2.29. The summed E-state index contributed by atoms with van der Waals surface area (Å²) in [6, 6.07) is 0. The first-order chi connectivity index (χ1) is 6.60. The Morgan fingerprint density at radius 3 is 2.50 bits per heavy atom. The van der Waals surface area contributed by atoms with Gasteiger partial charge >= 0.3 is 5.97 Å². The van der Waals surface area contributed by atoms with E-state index in [-0.39, 0.29) is 18.0 Å². The van der Waals surface area contributed by atoms with Gasteiger partial charge in [-0.3, -0.25) is 4.79 Å². The highest BCUT2D eigenvalue weighted by molar-refractivity contribution is 5.76. The summed E-state index contributed by atoms with van der Waals surface area (Å²) in [5.41, 5.74) is 2.39. The molecule has 1 aliphatic carbocycles. The van der Waals surface area contributed by atoms with Crippen LogP contribution in [0, 0.1) is 5.92 Å². The molecule has 0 amide bonds. The van der Waals surface area contributed by atoms with Gasteiger partial charge < -0.3 is 9.47 Å². The number of hydrogen-bond acceptors (Lipinski definition) is 3. The maximum Gasteiger partial charge on any atom is 0.312 e. The average molecular weight is 198 g/mol. The summed E-state index contributed by atoms with van der Waals surface area (Å²) in [6.07, 6.45) is 1.82. The lowest BCUT2D eigenvalue weighted by atomic mass is 9.82. The minimum Gasteiger partial charge on any atom is -0.469 e. The highest BCUT2D eigenvalue weighted by Gasteiger charge is 2.30. The summed E-state index contributed by atoms with van der Waals surface area (Å²) in [7, 11) is 3.12. The average Bonchev–Trinajstić information content (AvgIpc) is 2.20. The Morgan fingerprint density at radius 2 is 2.00 bits per heavy atom. The van der Waals surface area contributed by atoms with Crippen LogP contribution in [-0.4, -0.2) is 26.3 Å². The van der Waals surface area contributed by atoms with Crippen LogP contribution in [0.3, 0.4) is 0 Å². The molecule has 1 rings (SSSR count). The Morgan fingerprint density at radius 1 is 1.36 bits per heavy atom. The molecule has 0 aliphatic heterocycles. The van der Waals surface area contributed by atoms with Gasteiger partial charge in [-0.25, -0.2) is 0 Å². The van der Waals surface area contributed by atoms with E-state index in [9.17, 15) is 4.79 Å². The molecule has 0 N–H and O–H groups in total. The van der Waals surface area contributed by atoms with Gasteiger partial charge in [0, 0.05) is 7.11 Å². The number of carbonyl (C=O) groups excluding carboxylic acids is 1. The molecule has 0 aromatic rings. The van der Waals surface area contributed by atoms with Crippen molar-refractivity contribution in [3.05, 3.63) is 11.1 Å². The molecule has 3 nitrogen and oxygen atoms in total. The van der Waals surface area contributed by atoms with Gasteiger partial charge in [-0.1, -0.05) is 11.1 Å². The van der Waals surface area contributed by atoms with Crippen LogP contribution in [0.2, 0.25) is 0 Å². The molecule has 0 fully saturated rings. The molecular formula is C11H18O3. The van der Waals surface area contributed by atoms with Gasteiger partial charge in [-0.2, -0.15) is 0 Å². The molecule has 0 aromatic carbocycles. The summed E-state index contributed by atoms with van der Waals surface area (Å²) >= 11 is 0. The van der Waals surface area contributed by atoms with Crippen LogP contribution in [0.25, 0.3) is 0 Å². The van der Waals surface area contributed by atoms with Crippen LogP contribution in [-0.2, 0) is 14.3 Å². The van der Waals surface area contributed by atoms with Gasteiger partial charge in [0.15, 0.2) is 0 Å². The lowest BCUT2D eigenvalue weighted by Gasteiger charge is -2.28. The fraction of sp³-hybridized carbons (Fsp3) is 0.727. The highest BCUT2D eigenvalue weighted by Crippen LogP contribution is 2.31. The van der Waals surface area contributed by atoms with Gasteiger partial charge in [0.1, 0.15) is 0 Å². The fourth-order valence-electron chi connectivity index (χ4n) is 1.92. The van der Waals surface area contributed by atoms with E-state index < -0.39 is 0 Å². The van der Waals surface area contributed by atoms with Gasteiger partial charge in [0.25, 0.3) is 0 Å². The Balaban J connectivity index is 2.84. The third kappa shape index (κ3) is 2.15. The summed E-state index contributed by atoms with van der Waals surface area (Å²) in [4.78, 5) is 11.5. The van der Waals surface area contributed by atoms with Crippen molar-refractivity contribution in [2.45, 2.75) is 32.8 Å². The third-order valence-electron chi connectivity index (χ3n) is 3.05. The highest BCUT2D eigenvalue weighted by atomic mass is 16.5. The molecule has 0 bridgehead atoms.